The van der Waals surface area contributed by atoms with Gasteiger partial charge < -0.3 is 0 Å². The van der Waals surface area contributed by atoms with Crippen molar-refractivity contribution < 1.29 is 0 Å². The van der Waals surface area contributed by atoms with Crippen LogP contribution in [0.1, 0.15) is 29.9 Å². The second kappa shape index (κ2) is 6.87. The lowest BCUT2D eigenvalue weighted by molar-refractivity contribution is 1.46. The van der Waals surface area contributed by atoms with Crippen molar-refractivity contribution in [2.45, 2.75) is 20.8 Å². The summed E-state index contributed by atoms with van der Waals surface area (Å²) in [5.41, 5.74) is 2.34. The van der Waals surface area contributed by atoms with E-state index >= 15 is 0 Å². The summed E-state index contributed by atoms with van der Waals surface area (Å²) in [5, 5.41) is 2.04. The van der Waals surface area contributed by atoms with Crippen molar-refractivity contribution in [3.63, 3.8) is 0 Å². The molecule has 0 radical (unpaired) electrons. The molecule has 1 heteroatoms. The van der Waals surface area contributed by atoms with E-state index in [-0.39, 0.29) is 0 Å². The van der Waals surface area contributed by atoms with Gasteiger partial charge in [-0.15, -0.1) is 11.3 Å². The third-order valence-corrected chi connectivity index (χ3v) is 2.69. The van der Waals surface area contributed by atoms with Crippen LogP contribution in [0.3, 0.4) is 0 Å². The fraction of sp³-hybridized carbons (Fsp3) is 0.200. The maximum Gasteiger partial charge on any atom is 0.0772 e. The van der Waals surface area contributed by atoms with E-state index < -0.39 is 0 Å². The average Bonchev–Trinajstić information content (AvgIpc) is 2.84. The van der Waals surface area contributed by atoms with Crippen molar-refractivity contribution >= 4 is 11.3 Å². The number of aryl methyl sites for hydroxylation is 1. The zero-order valence-corrected chi connectivity index (χ0v) is 10.8. The maximum atomic E-state index is 3.13. The smallest absolute Gasteiger partial charge is 0.0772 e. The predicted molar refractivity (Wildman–Crippen MR) is 72.8 cm³/mol. The summed E-state index contributed by atoms with van der Waals surface area (Å²) in [5.74, 6) is 6.26. The molecule has 0 N–H and O–H groups in total. The Hall–Kier alpha value is -1.52. The highest BCUT2D eigenvalue weighted by Gasteiger charge is 1.87. The van der Waals surface area contributed by atoms with Crippen molar-refractivity contribution in [2.24, 2.45) is 0 Å². The van der Waals surface area contributed by atoms with E-state index in [0.717, 1.165) is 10.4 Å². The van der Waals surface area contributed by atoms with Gasteiger partial charge in [-0.1, -0.05) is 49.5 Å². The molecule has 0 aliphatic carbocycles. The Morgan fingerprint density at radius 3 is 2.19 bits per heavy atom. The first-order valence-corrected chi connectivity index (χ1v) is 6.35. The van der Waals surface area contributed by atoms with Gasteiger partial charge in [-0.3, -0.25) is 0 Å². The third-order valence-electron chi connectivity index (χ3n) is 1.90. The molecule has 1 aromatic heterocycles. The van der Waals surface area contributed by atoms with Gasteiger partial charge in [0.05, 0.1) is 4.88 Å². The second-order valence-electron chi connectivity index (χ2n) is 3.09. The first-order valence-electron chi connectivity index (χ1n) is 5.47. The minimum Gasteiger partial charge on any atom is -0.135 e. The Morgan fingerprint density at radius 1 is 0.938 bits per heavy atom. The van der Waals surface area contributed by atoms with Gasteiger partial charge in [0.25, 0.3) is 0 Å². The molecular weight excluding hydrogens is 212 g/mol. The van der Waals surface area contributed by atoms with E-state index in [9.17, 15) is 0 Å². The number of rotatable bonds is 0. The van der Waals surface area contributed by atoms with Crippen LogP contribution >= 0.6 is 11.3 Å². The molecule has 1 heterocycles. The molecule has 0 aliphatic heterocycles. The molecule has 0 bridgehead atoms. The zero-order valence-electron chi connectivity index (χ0n) is 9.95. The van der Waals surface area contributed by atoms with E-state index in [4.69, 9.17) is 0 Å². The Bertz CT molecular complexity index is 452. The highest BCUT2D eigenvalue weighted by molar-refractivity contribution is 7.10. The van der Waals surface area contributed by atoms with Gasteiger partial charge >= 0.3 is 0 Å². The molecule has 0 saturated heterocycles. The topological polar surface area (TPSA) is 0 Å². The molecule has 0 saturated carbocycles. The Kier molecular flexibility index (Phi) is 5.39. The second-order valence-corrected chi connectivity index (χ2v) is 4.04. The van der Waals surface area contributed by atoms with Crippen LogP contribution in [0.25, 0.3) is 0 Å². The highest BCUT2D eigenvalue weighted by atomic mass is 32.1. The summed E-state index contributed by atoms with van der Waals surface area (Å²) in [7, 11) is 0. The Morgan fingerprint density at radius 2 is 1.62 bits per heavy atom. The quantitative estimate of drug-likeness (QED) is 0.583. The lowest BCUT2D eigenvalue weighted by atomic mass is 10.1. The number of hydrogen-bond donors (Lipinski definition) is 0. The fourth-order valence-corrected chi connectivity index (χ4v) is 1.69. The van der Waals surface area contributed by atoms with Crippen LogP contribution in [0, 0.1) is 18.8 Å². The lowest BCUT2D eigenvalue weighted by Gasteiger charge is -1.90. The molecule has 0 spiro atoms. The molecule has 0 unspecified atom stereocenters. The standard InChI is InChI=1S/C13H10S.C2H6/c1-11-4-6-12(7-5-11)8-9-13-3-2-10-14-13;1-2/h2-7,10H,1H3;1-2H3. The van der Waals surface area contributed by atoms with Gasteiger partial charge in [0.2, 0.25) is 0 Å². The first-order chi connectivity index (χ1) is 7.84. The van der Waals surface area contributed by atoms with Gasteiger partial charge in [-0.05, 0) is 30.5 Å². The van der Waals surface area contributed by atoms with Crippen molar-refractivity contribution in [3.05, 3.63) is 57.8 Å². The lowest BCUT2D eigenvalue weighted by Crippen LogP contribution is -1.74. The van der Waals surface area contributed by atoms with Crippen LogP contribution in [0.15, 0.2) is 41.8 Å². The molecule has 0 fully saturated rings. The Labute approximate surface area is 102 Å². The van der Waals surface area contributed by atoms with Crippen molar-refractivity contribution in [1.29, 1.82) is 0 Å². The molecular formula is C15H16S. The van der Waals surface area contributed by atoms with E-state index in [0.29, 0.717) is 0 Å². The summed E-state index contributed by atoms with van der Waals surface area (Å²) in [6, 6.07) is 12.3. The van der Waals surface area contributed by atoms with E-state index in [1.54, 1.807) is 11.3 Å². The molecule has 0 amide bonds. The van der Waals surface area contributed by atoms with E-state index in [1.165, 1.54) is 5.56 Å². The SMILES string of the molecule is CC.Cc1ccc(C#Cc2cccs2)cc1. The zero-order chi connectivity index (χ0) is 11.8. The largest absolute Gasteiger partial charge is 0.135 e. The summed E-state index contributed by atoms with van der Waals surface area (Å²) in [4.78, 5) is 1.12. The average molecular weight is 228 g/mol. The minimum atomic E-state index is 1.07. The van der Waals surface area contributed by atoms with Crippen LogP contribution in [0.4, 0.5) is 0 Å². The molecule has 2 rings (SSSR count). The molecule has 16 heavy (non-hydrogen) atoms. The molecule has 0 aliphatic rings. The van der Waals surface area contributed by atoms with E-state index in [1.807, 2.05) is 31.4 Å². The van der Waals surface area contributed by atoms with Crippen molar-refractivity contribution in [3.8, 4) is 11.8 Å². The maximum absolute atomic E-state index is 3.13. The van der Waals surface area contributed by atoms with Gasteiger partial charge in [-0.25, -0.2) is 0 Å². The van der Waals surface area contributed by atoms with Crippen molar-refractivity contribution in [2.75, 3.05) is 0 Å². The molecule has 0 nitrogen and oxygen atoms in total. The van der Waals surface area contributed by atoms with E-state index in [2.05, 4.69) is 43.0 Å². The predicted octanol–water partition coefficient (Wildman–Crippen LogP) is 4.48. The highest BCUT2D eigenvalue weighted by Crippen LogP contribution is 2.07. The fourth-order valence-electron chi connectivity index (χ4n) is 1.12. The van der Waals surface area contributed by atoms with Crippen molar-refractivity contribution in [1.82, 2.24) is 0 Å². The molecule has 1 aromatic carbocycles. The summed E-state index contributed by atoms with van der Waals surface area (Å²) >= 11 is 1.67. The molecule has 0 atom stereocenters. The van der Waals surface area contributed by atoms with Crippen LogP contribution in [0.5, 0.6) is 0 Å². The van der Waals surface area contributed by atoms with Crippen LogP contribution in [-0.4, -0.2) is 0 Å². The summed E-state index contributed by atoms with van der Waals surface area (Å²) in [6.45, 7) is 6.08. The minimum absolute atomic E-state index is 1.07. The summed E-state index contributed by atoms with van der Waals surface area (Å²) in [6.07, 6.45) is 0. The van der Waals surface area contributed by atoms with Crippen LogP contribution < -0.4 is 0 Å². The monoisotopic (exact) mass is 228 g/mol. The Balaban J connectivity index is 0.000000606. The van der Waals surface area contributed by atoms with Crippen LogP contribution in [-0.2, 0) is 0 Å². The van der Waals surface area contributed by atoms with Gasteiger partial charge in [-0.2, -0.15) is 0 Å². The number of benzene rings is 1. The first kappa shape index (κ1) is 12.5. The number of thiophene rings is 1. The van der Waals surface area contributed by atoms with Gasteiger partial charge in [0, 0.05) is 5.56 Å². The molecule has 82 valence electrons. The van der Waals surface area contributed by atoms with Gasteiger partial charge in [0.15, 0.2) is 0 Å². The van der Waals surface area contributed by atoms with Gasteiger partial charge in [0.1, 0.15) is 0 Å². The normalized spacial score (nSPS) is 8.44. The molecule has 2 aromatic rings. The third kappa shape index (κ3) is 3.92. The van der Waals surface area contributed by atoms with Crippen LogP contribution in [0.2, 0.25) is 0 Å². The summed E-state index contributed by atoms with van der Waals surface area (Å²) < 4.78 is 0. The number of hydrogen-bond acceptors (Lipinski definition) is 1.